The second-order valence-corrected chi connectivity index (χ2v) is 9.69. The van der Waals surface area contributed by atoms with Gasteiger partial charge in [-0.2, -0.15) is 15.5 Å². The summed E-state index contributed by atoms with van der Waals surface area (Å²) in [5.41, 5.74) is 0.405. The average Bonchev–Trinajstić information content (AvgIpc) is 3.54. The number of ether oxygens (including phenoxy) is 1. The van der Waals surface area contributed by atoms with Gasteiger partial charge >= 0.3 is 0 Å². The van der Waals surface area contributed by atoms with Crippen molar-refractivity contribution < 1.29 is 33.2 Å². The SMILES string of the molecule is Cc1nc([C@@H]2O[C@H](CO)[C@H](O)[C@H](n3cc(-c4cc(F)c(F)c(F)c4)cn3)[C@H]2O)n(-c2cc(Br)cnc2C#N)n1. The van der Waals surface area contributed by atoms with E-state index in [0.717, 1.165) is 16.8 Å². The molecular weight excluding hydrogens is 587 g/mol. The standard InChI is InChI=1S/C24H19BrF3N7O4/c1-10-32-24(35(33-10)17-4-13(25)7-30-16(17)5-29)23-22(38)20(21(37)18(9-36)39-23)34-8-12(6-31-34)11-2-14(26)19(28)15(27)3-11/h2-4,6-8,18,20-23,36-38H,9H2,1H3/t18-,20+,21+,22-,23-/m1/s1. The van der Waals surface area contributed by atoms with Crippen molar-refractivity contribution in [2.45, 2.75) is 37.4 Å². The molecule has 1 fully saturated rings. The van der Waals surface area contributed by atoms with E-state index in [4.69, 9.17) is 4.74 Å². The lowest BCUT2D eigenvalue weighted by Crippen LogP contribution is -2.53. The molecule has 202 valence electrons. The Morgan fingerprint density at radius 2 is 1.82 bits per heavy atom. The van der Waals surface area contributed by atoms with Gasteiger partial charge in [-0.3, -0.25) is 4.68 Å². The minimum Gasteiger partial charge on any atom is -0.394 e. The summed E-state index contributed by atoms with van der Waals surface area (Å²) in [4.78, 5) is 8.44. The minimum atomic E-state index is -1.62. The third-order valence-electron chi connectivity index (χ3n) is 6.28. The Kier molecular flexibility index (Phi) is 7.23. The Labute approximate surface area is 226 Å². The van der Waals surface area contributed by atoms with Crippen LogP contribution in [-0.4, -0.2) is 69.8 Å². The van der Waals surface area contributed by atoms with Crippen molar-refractivity contribution in [3.05, 3.63) is 76.1 Å². The molecule has 39 heavy (non-hydrogen) atoms. The fraction of sp³-hybridized carbons (Fsp3) is 0.292. The molecule has 0 unspecified atom stereocenters. The first-order valence-electron chi connectivity index (χ1n) is 11.4. The Morgan fingerprint density at radius 3 is 2.49 bits per heavy atom. The monoisotopic (exact) mass is 605 g/mol. The number of nitrogens with zero attached hydrogens (tertiary/aromatic N) is 7. The van der Waals surface area contributed by atoms with Gasteiger partial charge in [-0.25, -0.2) is 27.8 Å². The number of benzene rings is 1. The molecule has 1 aliphatic heterocycles. The molecule has 15 heteroatoms. The van der Waals surface area contributed by atoms with Gasteiger partial charge in [0, 0.05) is 22.4 Å². The van der Waals surface area contributed by atoms with Crippen molar-refractivity contribution in [1.29, 1.82) is 5.26 Å². The van der Waals surface area contributed by atoms with Crippen molar-refractivity contribution >= 4 is 15.9 Å². The quantitative estimate of drug-likeness (QED) is 0.290. The molecule has 5 rings (SSSR count). The summed E-state index contributed by atoms with van der Waals surface area (Å²) in [6.45, 7) is 0.946. The van der Waals surface area contributed by atoms with Crippen LogP contribution in [0.3, 0.4) is 0 Å². The summed E-state index contributed by atoms with van der Waals surface area (Å²) >= 11 is 3.31. The van der Waals surface area contributed by atoms with Gasteiger partial charge in [-0.05, 0) is 46.6 Å². The zero-order valence-electron chi connectivity index (χ0n) is 20.0. The van der Waals surface area contributed by atoms with Crippen LogP contribution in [0.2, 0.25) is 0 Å². The van der Waals surface area contributed by atoms with Crippen LogP contribution in [0.4, 0.5) is 13.2 Å². The van der Waals surface area contributed by atoms with E-state index in [1.165, 1.54) is 23.3 Å². The Bertz CT molecular complexity index is 1570. The van der Waals surface area contributed by atoms with Gasteiger partial charge < -0.3 is 20.1 Å². The van der Waals surface area contributed by atoms with Crippen molar-refractivity contribution in [3.63, 3.8) is 0 Å². The first-order chi connectivity index (χ1) is 18.6. The Balaban J connectivity index is 1.57. The van der Waals surface area contributed by atoms with Gasteiger partial charge in [0.05, 0.1) is 12.8 Å². The highest BCUT2D eigenvalue weighted by Crippen LogP contribution is 2.39. The van der Waals surface area contributed by atoms with Crippen LogP contribution in [0.5, 0.6) is 0 Å². The molecule has 3 aromatic heterocycles. The molecule has 1 aliphatic rings. The molecule has 0 aliphatic carbocycles. The lowest BCUT2D eigenvalue weighted by molar-refractivity contribution is -0.210. The number of aliphatic hydroxyl groups is 3. The molecular formula is C24H19BrF3N7O4. The van der Waals surface area contributed by atoms with Crippen LogP contribution < -0.4 is 0 Å². The van der Waals surface area contributed by atoms with E-state index in [1.807, 2.05) is 6.07 Å². The van der Waals surface area contributed by atoms with Crippen LogP contribution in [0.1, 0.15) is 29.5 Å². The number of nitriles is 1. The molecule has 1 aromatic carbocycles. The third-order valence-corrected chi connectivity index (χ3v) is 6.71. The highest BCUT2D eigenvalue weighted by molar-refractivity contribution is 9.10. The number of pyridine rings is 1. The van der Waals surface area contributed by atoms with Gasteiger partial charge in [0.1, 0.15) is 48.0 Å². The molecule has 11 nitrogen and oxygen atoms in total. The van der Waals surface area contributed by atoms with E-state index < -0.39 is 54.5 Å². The summed E-state index contributed by atoms with van der Waals surface area (Å²) in [6.07, 6.45) is -1.54. The Hall–Kier alpha value is -3.68. The summed E-state index contributed by atoms with van der Waals surface area (Å²) in [6, 6.07) is 3.90. The highest BCUT2D eigenvalue weighted by Gasteiger charge is 2.48. The topological polar surface area (TPSA) is 155 Å². The van der Waals surface area contributed by atoms with Crippen LogP contribution >= 0.6 is 15.9 Å². The van der Waals surface area contributed by atoms with Gasteiger partial charge in [-0.1, -0.05) is 0 Å². The predicted octanol–water partition coefficient (Wildman–Crippen LogP) is 2.28. The van der Waals surface area contributed by atoms with Gasteiger partial charge in [0.25, 0.3) is 0 Å². The number of rotatable bonds is 5. The highest BCUT2D eigenvalue weighted by atomic mass is 79.9. The molecule has 0 amide bonds. The van der Waals surface area contributed by atoms with Crippen molar-refractivity contribution in [2.75, 3.05) is 6.61 Å². The molecule has 5 atom stereocenters. The molecule has 1 saturated heterocycles. The smallest absolute Gasteiger partial charge is 0.194 e. The first kappa shape index (κ1) is 26.9. The van der Waals surface area contributed by atoms with E-state index in [-0.39, 0.29) is 34.2 Å². The zero-order valence-corrected chi connectivity index (χ0v) is 21.5. The number of halogens is 4. The number of hydrogen-bond donors (Lipinski definition) is 3. The average molecular weight is 606 g/mol. The zero-order chi connectivity index (χ0) is 28.0. The van der Waals surface area contributed by atoms with E-state index in [0.29, 0.717) is 4.47 Å². The second-order valence-electron chi connectivity index (χ2n) is 8.77. The number of aryl methyl sites for hydroxylation is 1. The molecule has 0 radical (unpaired) electrons. The fourth-order valence-electron chi connectivity index (χ4n) is 4.47. The molecule has 4 heterocycles. The van der Waals surface area contributed by atoms with E-state index in [9.17, 15) is 33.8 Å². The van der Waals surface area contributed by atoms with Crippen LogP contribution in [0.25, 0.3) is 16.8 Å². The molecule has 4 aromatic rings. The van der Waals surface area contributed by atoms with Crippen molar-refractivity contribution in [3.8, 4) is 22.9 Å². The van der Waals surface area contributed by atoms with E-state index in [2.05, 4.69) is 36.1 Å². The Morgan fingerprint density at radius 1 is 1.10 bits per heavy atom. The van der Waals surface area contributed by atoms with Crippen LogP contribution in [-0.2, 0) is 4.74 Å². The lowest BCUT2D eigenvalue weighted by atomic mass is 9.92. The first-order valence-corrected chi connectivity index (χ1v) is 12.2. The maximum Gasteiger partial charge on any atom is 0.194 e. The third kappa shape index (κ3) is 4.81. The van der Waals surface area contributed by atoms with Crippen molar-refractivity contribution in [1.82, 2.24) is 29.5 Å². The van der Waals surface area contributed by atoms with Gasteiger partial charge in [-0.15, -0.1) is 0 Å². The maximum atomic E-state index is 13.8. The summed E-state index contributed by atoms with van der Waals surface area (Å²) in [5.74, 6) is -4.07. The fourth-order valence-corrected chi connectivity index (χ4v) is 4.79. The second kappa shape index (κ2) is 10.5. The molecule has 0 saturated carbocycles. The summed E-state index contributed by atoms with van der Waals surface area (Å²) < 4.78 is 49.8. The summed E-state index contributed by atoms with van der Waals surface area (Å²) in [5, 5.41) is 50.3. The van der Waals surface area contributed by atoms with Crippen LogP contribution in [0.15, 0.2) is 41.3 Å². The molecule has 3 N–H and O–H groups in total. The van der Waals surface area contributed by atoms with Crippen LogP contribution in [0, 0.1) is 35.7 Å². The van der Waals surface area contributed by atoms with E-state index in [1.54, 1.807) is 13.0 Å². The van der Waals surface area contributed by atoms with Crippen molar-refractivity contribution in [2.24, 2.45) is 0 Å². The number of aliphatic hydroxyl groups excluding tert-OH is 3. The normalized spacial score (nSPS) is 23.1. The van der Waals surface area contributed by atoms with E-state index >= 15 is 0 Å². The van der Waals surface area contributed by atoms with Gasteiger partial charge in [0.2, 0.25) is 0 Å². The number of aromatic nitrogens is 6. The molecule has 0 bridgehead atoms. The minimum absolute atomic E-state index is 0.0143. The summed E-state index contributed by atoms with van der Waals surface area (Å²) in [7, 11) is 0. The number of hydrogen-bond acceptors (Lipinski definition) is 9. The predicted molar refractivity (Wildman–Crippen MR) is 130 cm³/mol. The largest absolute Gasteiger partial charge is 0.394 e. The maximum absolute atomic E-state index is 13.8. The lowest BCUT2D eigenvalue weighted by Gasteiger charge is -2.41. The van der Waals surface area contributed by atoms with Gasteiger partial charge in [0.15, 0.2) is 29.0 Å². The molecule has 0 spiro atoms.